The lowest BCUT2D eigenvalue weighted by atomic mass is 9.85. The highest BCUT2D eigenvalue weighted by atomic mass is 16.5. The molecule has 1 heterocycles. The molecule has 2 aromatic carbocycles. The van der Waals surface area contributed by atoms with Gasteiger partial charge in [0.05, 0.1) is 19.8 Å². The summed E-state index contributed by atoms with van der Waals surface area (Å²) in [4.78, 5) is 0. The lowest BCUT2D eigenvalue weighted by molar-refractivity contribution is 0.00479. The fourth-order valence-electron chi connectivity index (χ4n) is 3.50. The molecule has 0 atom stereocenters. The summed E-state index contributed by atoms with van der Waals surface area (Å²) in [5.74, 6) is 1.21. The summed E-state index contributed by atoms with van der Waals surface area (Å²) < 4.78 is 16.6. The van der Waals surface area contributed by atoms with E-state index in [9.17, 15) is 10.2 Å². The second kappa shape index (κ2) is 7.23. The van der Waals surface area contributed by atoms with E-state index >= 15 is 0 Å². The molecule has 1 saturated heterocycles. The molecule has 1 aliphatic rings. The average Bonchev–Trinajstić information content (AvgIpc) is 3.06. The van der Waals surface area contributed by atoms with Gasteiger partial charge in [0.15, 0.2) is 23.0 Å². The third-order valence-corrected chi connectivity index (χ3v) is 4.73. The molecular weight excluding hydrogens is 320 g/mol. The van der Waals surface area contributed by atoms with Crippen LogP contribution in [0.2, 0.25) is 0 Å². The highest BCUT2D eigenvalue weighted by Crippen LogP contribution is 2.37. The van der Waals surface area contributed by atoms with E-state index in [2.05, 4.69) is 0 Å². The Labute approximate surface area is 147 Å². The third-order valence-electron chi connectivity index (χ3n) is 4.73. The van der Waals surface area contributed by atoms with Crippen LogP contribution in [0.5, 0.6) is 23.0 Å². The van der Waals surface area contributed by atoms with Crippen LogP contribution < -0.4 is 9.47 Å². The molecule has 2 aromatic rings. The van der Waals surface area contributed by atoms with E-state index in [1.807, 2.05) is 24.3 Å². The van der Waals surface area contributed by atoms with Gasteiger partial charge in [0, 0.05) is 19.4 Å². The number of methoxy groups -OCH3 is 2. The quantitative estimate of drug-likeness (QED) is 0.840. The van der Waals surface area contributed by atoms with Gasteiger partial charge in [0.2, 0.25) is 0 Å². The Kier molecular flexibility index (Phi) is 5.04. The van der Waals surface area contributed by atoms with Gasteiger partial charge < -0.3 is 24.4 Å². The van der Waals surface area contributed by atoms with Crippen molar-refractivity contribution >= 4 is 0 Å². The predicted molar refractivity (Wildman–Crippen MR) is 94.6 cm³/mol. The second-order valence-corrected chi connectivity index (χ2v) is 6.50. The van der Waals surface area contributed by atoms with Crippen molar-refractivity contribution in [2.24, 2.45) is 0 Å². The molecule has 2 N–H and O–H groups in total. The lowest BCUT2D eigenvalue weighted by Gasteiger charge is -2.29. The second-order valence-electron chi connectivity index (χ2n) is 6.50. The number of rotatable bonds is 6. The third kappa shape index (κ3) is 3.82. The Morgan fingerprint density at radius 2 is 1.44 bits per heavy atom. The average molecular weight is 344 g/mol. The number of benzene rings is 2. The van der Waals surface area contributed by atoms with Gasteiger partial charge in [-0.3, -0.25) is 0 Å². The maximum atomic E-state index is 9.79. The van der Waals surface area contributed by atoms with Gasteiger partial charge in [-0.2, -0.15) is 0 Å². The Hall–Kier alpha value is -2.40. The zero-order valence-corrected chi connectivity index (χ0v) is 14.6. The Morgan fingerprint density at radius 3 is 1.84 bits per heavy atom. The molecule has 0 amide bonds. The van der Waals surface area contributed by atoms with E-state index in [1.165, 1.54) is 0 Å². The summed E-state index contributed by atoms with van der Waals surface area (Å²) in [7, 11) is 3.09. The van der Waals surface area contributed by atoms with Gasteiger partial charge in [-0.05, 0) is 48.2 Å². The van der Waals surface area contributed by atoms with Gasteiger partial charge in [-0.15, -0.1) is 0 Å². The lowest BCUT2D eigenvalue weighted by Crippen LogP contribution is -2.33. The molecule has 5 heteroatoms. The number of phenols is 2. The Balaban J connectivity index is 1.84. The van der Waals surface area contributed by atoms with Crippen LogP contribution >= 0.6 is 0 Å². The first-order valence-corrected chi connectivity index (χ1v) is 8.41. The van der Waals surface area contributed by atoms with Crippen LogP contribution in [0.3, 0.4) is 0 Å². The molecule has 0 bridgehead atoms. The molecule has 134 valence electrons. The summed E-state index contributed by atoms with van der Waals surface area (Å²) in [6.45, 7) is 0.741. The molecule has 3 rings (SSSR count). The van der Waals surface area contributed by atoms with E-state index in [4.69, 9.17) is 14.2 Å². The monoisotopic (exact) mass is 344 g/mol. The molecule has 0 unspecified atom stereocenters. The van der Waals surface area contributed by atoms with Gasteiger partial charge in [0.25, 0.3) is 0 Å². The number of hydrogen-bond donors (Lipinski definition) is 2. The van der Waals surface area contributed by atoms with Gasteiger partial charge in [-0.1, -0.05) is 12.1 Å². The summed E-state index contributed by atoms with van der Waals surface area (Å²) in [5.41, 5.74) is 1.81. The zero-order chi connectivity index (χ0) is 17.9. The van der Waals surface area contributed by atoms with Crippen molar-refractivity contribution in [3.05, 3.63) is 47.5 Å². The largest absolute Gasteiger partial charge is 0.504 e. The minimum atomic E-state index is -0.302. The number of aromatic hydroxyl groups is 2. The summed E-state index contributed by atoms with van der Waals surface area (Å²) >= 11 is 0. The fourth-order valence-corrected chi connectivity index (χ4v) is 3.50. The molecule has 0 spiro atoms. The normalized spacial score (nSPS) is 15.9. The molecule has 0 saturated carbocycles. The van der Waals surface area contributed by atoms with Crippen molar-refractivity contribution in [1.29, 1.82) is 0 Å². The van der Waals surface area contributed by atoms with Gasteiger partial charge in [0.1, 0.15) is 0 Å². The van der Waals surface area contributed by atoms with Crippen molar-refractivity contribution in [3.8, 4) is 23.0 Å². The topological polar surface area (TPSA) is 68.2 Å². The van der Waals surface area contributed by atoms with E-state index in [1.54, 1.807) is 26.4 Å². The summed E-state index contributed by atoms with van der Waals surface area (Å²) in [6.07, 6.45) is 3.43. The molecule has 5 nitrogen and oxygen atoms in total. The Bertz CT molecular complexity index is 677. The van der Waals surface area contributed by atoms with Crippen molar-refractivity contribution in [2.75, 3.05) is 20.8 Å². The highest BCUT2D eigenvalue weighted by Gasteiger charge is 2.35. The number of hydrogen-bond acceptors (Lipinski definition) is 5. The van der Waals surface area contributed by atoms with E-state index < -0.39 is 0 Å². The van der Waals surface area contributed by atoms with Gasteiger partial charge >= 0.3 is 0 Å². The number of ether oxygens (including phenoxy) is 3. The van der Waals surface area contributed by atoms with Crippen molar-refractivity contribution in [1.82, 2.24) is 0 Å². The van der Waals surface area contributed by atoms with Crippen molar-refractivity contribution in [2.45, 2.75) is 31.3 Å². The molecule has 1 fully saturated rings. The van der Waals surface area contributed by atoms with Crippen LogP contribution in [0.15, 0.2) is 36.4 Å². The van der Waals surface area contributed by atoms with Crippen LogP contribution in [-0.2, 0) is 17.6 Å². The van der Waals surface area contributed by atoms with Crippen LogP contribution in [0.25, 0.3) is 0 Å². The molecule has 0 radical (unpaired) electrons. The van der Waals surface area contributed by atoms with Gasteiger partial charge in [-0.25, -0.2) is 0 Å². The van der Waals surface area contributed by atoms with Crippen molar-refractivity contribution < 1.29 is 24.4 Å². The van der Waals surface area contributed by atoms with Crippen LogP contribution in [0.4, 0.5) is 0 Å². The molecule has 1 aliphatic heterocycles. The molecule has 25 heavy (non-hydrogen) atoms. The van der Waals surface area contributed by atoms with Crippen LogP contribution in [-0.4, -0.2) is 36.6 Å². The van der Waals surface area contributed by atoms with E-state index in [0.29, 0.717) is 11.5 Å². The standard InChI is InChI=1S/C20H24O5/c1-23-18-10-14(4-6-16(18)21)12-20(8-3-9-25-20)13-15-5-7-17(22)19(11-15)24-2/h4-7,10-11,21-22H,3,8-9,12-13H2,1-2H3. The van der Waals surface area contributed by atoms with E-state index in [-0.39, 0.29) is 17.1 Å². The van der Waals surface area contributed by atoms with Crippen LogP contribution in [0, 0.1) is 0 Å². The minimum Gasteiger partial charge on any atom is -0.504 e. The Morgan fingerprint density at radius 1 is 0.920 bits per heavy atom. The summed E-state index contributed by atoms with van der Waals surface area (Å²) in [6, 6.07) is 10.8. The first-order valence-electron chi connectivity index (χ1n) is 8.41. The molecular formula is C20H24O5. The summed E-state index contributed by atoms with van der Waals surface area (Å²) in [5, 5.41) is 19.6. The number of phenolic OH excluding ortho intramolecular Hbond substituents is 2. The maximum absolute atomic E-state index is 9.79. The minimum absolute atomic E-state index is 0.135. The molecule has 0 aliphatic carbocycles. The molecule has 0 aromatic heterocycles. The first kappa shape index (κ1) is 17.4. The highest BCUT2D eigenvalue weighted by molar-refractivity contribution is 5.44. The van der Waals surface area contributed by atoms with Crippen LogP contribution in [0.1, 0.15) is 24.0 Å². The van der Waals surface area contributed by atoms with E-state index in [0.717, 1.165) is 43.4 Å². The smallest absolute Gasteiger partial charge is 0.160 e. The fraction of sp³-hybridized carbons (Fsp3) is 0.400. The zero-order valence-electron chi connectivity index (χ0n) is 14.6. The predicted octanol–water partition coefficient (Wildman–Crippen LogP) is 3.45. The first-order chi connectivity index (χ1) is 12.0. The van der Waals surface area contributed by atoms with Crippen molar-refractivity contribution in [3.63, 3.8) is 0 Å². The SMILES string of the molecule is COc1cc(CC2(Cc3ccc(O)c(OC)c3)CCCO2)ccc1O. The maximum Gasteiger partial charge on any atom is 0.160 e.